The number of nitrogens with zero attached hydrogens (tertiary/aromatic N) is 1. The summed E-state index contributed by atoms with van der Waals surface area (Å²) in [7, 11) is 0. The zero-order chi connectivity index (χ0) is 13.4. The number of carbonyl (C=O) groups is 2. The molecule has 0 aromatic carbocycles. The van der Waals surface area contributed by atoms with Crippen molar-refractivity contribution in [1.29, 1.82) is 0 Å². The molecule has 2 atom stereocenters. The van der Waals surface area contributed by atoms with Crippen molar-refractivity contribution in [2.75, 3.05) is 6.54 Å². The monoisotopic (exact) mass is 262 g/mol. The maximum Gasteiger partial charge on any atom is 0.246 e. The van der Waals surface area contributed by atoms with Crippen molar-refractivity contribution in [2.24, 2.45) is 5.92 Å². The molecule has 1 aromatic rings. The number of furan rings is 1. The summed E-state index contributed by atoms with van der Waals surface area (Å²) in [5.74, 6) is 1.20. The van der Waals surface area contributed by atoms with Crippen molar-refractivity contribution < 1.29 is 14.0 Å². The van der Waals surface area contributed by atoms with E-state index in [9.17, 15) is 9.59 Å². The number of nitrogens with one attached hydrogen (secondary N) is 1. The van der Waals surface area contributed by atoms with Gasteiger partial charge >= 0.3 is 0 Å². The maximum absolute atomic E-state index is 12.4. The van der Waals surface area contributed by atoms with E-state index in [0.717, 1.165) is 18.6 Å². The number of piperazine rings is 1. The van der Waals surface area contributed by atoms with E-state index >= 15 is 0 Å². The van der Waals surface area contributed by atoms with Gasteiger partial charge in [0, 0.05) is 13.0 Å². The fourth-order valence-electron chi connectivity index (χ4n) is 2.59. The highest BCUT2D eigenvalue weighted by Crippen LogP contribution is 2.35. The SMILES string of the molecule is CC1C(=O)NC(C2CC2)C(=O)N1CCc1ccco1. The number of hydrogen-bond acceptors (Lipinski definition) is 3. The van der Waals surface area contributed by atoms with Gasteiger partial charge in [-0.15, -0.1) is 0 Å². The van der Waals surface area contributed by atoms with Crippen molar-refractivity contribution in [3.63, 3.8) is 0 Å². The molecule has 1 saturated carbocycles. The first kappa shape index (κ1) is 12.3. The van der Waals surface area contributed by atoms with Crippen LogP contribution in [0.3, 0.4) is 0 Å². The third-order valence-electron chi connectivity index (χ3n) is 3.97. The molecule has 102 valence electrons. The molecule has 0 radical (unpaired) electrons. The van der Waals surface area contributed by atoms with Crippen LogP contribution in [-0.2, 0) is 16.0 Å². The fraction of sp³-hybridized carbons (Fsp3) is 0.571. The standard InChI is InChI=1S/C14H18N2O3/c1-9-13(17)15-12(10-4-5-10)14(18)16(9)7-6-11-3-2-8-19-11/h2-3,8-10,12H,4-7H2,1H3,(H,15,17). The topological polar surface area (TPSA) is 62.6 Å². The van der Waals surface area contributed by atoms with E-state index in [1.54, 1.807) is 18.1 Å². The third kappa shape index (κ3) is 2.37. The quantitative estimate of drug-likeness (QED) is 0.878. The van der Waals surface area contributed by atoms with Crippen LogP contribution in [0.5, 0.6) is 0 Å². The Labute approximate surface area is 111 Å². The largest absolute Gasteiger partial charge is 0.469 e. The lowest BCUT2D eigenvalue weighted by molar-refractivity contribution is -0.149. The van der Waals surface area contributed by atoms with Crippen LogP contribution in [0.15, 0.2) is 22.8 Å². The zero-order valence-corrected chi connectivity index (χ0v) is 11.0. The van der Waals surface area contributed by atoms with Gasteiger partial charge in [0.2, 0.25) is 11.8 Å². The summed E-state index contributed by atoms with van der Waals surface area (Å²) >= 11 is 0. The van der Waals surface area contributed by atoms with E-state index in [1.807, 2.05) is 12.1 Å². The summed E-state index contributed by atoms with van der Waals surface area (Å²) < 4.78 is 5.27. The van der Waals surface area contributed by atoms with Crippen LogP contribution in [0.2, 0.25) is 0 Å². The lowest BCUT2D eigenvalue weighted by atomic mass is 10.0. The van der Waals surface area contributed by atoms with Gasteiger partial charge in [0.1, 0.15) is 17.8 Å². The summed E-state index contributed by atoms with van der Waals surface area (Å²) in [4.78, 5) is 26.0. The van der Waals surface area contributed by atoms with Gasteiger partial charge < -0.3 is 14.6 Å². The highest BCUT2D eigenvalue weighted by molar-refractivity contribution is 5.97. The first-order valence-electron chi connectivity index (χ1n) is 6.80. The molecule has 5 nitrogen and oxygen atoms in total. The van der Waals surface area contributed by atoms with E-state index in [1.165, 1.54) is 0 Å². The number of hydrogen-bond donors (Lipinski definition) is 1. The molecule has 1 saturated heterocycles. The van der Waals surface area contributed by atoms with Crippen LogP contribution in [0.4, 0.5) is 0 Å². The number of amides is 2. The Kier molecular flexibility index (Phi) is 3.05. The Morgan fingerprint density at radius 3 is 2.84 bits per heavy atom. The van der Waals surface area contributed by atoms with E-state index in [0.29, 0.717) is 18.9 Å². The van der Waals surface area contributed by atoms with Crippen LogP contribution in [0, 0.1) is 5.92 Å². The molecule has 0 spiro atoms. The highest BCUT2D eigenvalue weighted by Gasteiger charge is 2.45. The molecule has 1 N–H and O–H groups in total. The molecule has 1 aliphatic heterocycles. The second-order valence-corrected chi connectivity index (χ2v) is 5.36. The van der Waals surface area contributed by atoms with Crippen LogP contribution < -0.4 is 5.32 Å². The molecule has 3 rings (SSSR count). The number of carbonyl (C=O) groups excluding carboxylic acids is 2. The predicted octanol–water partition coefficient (Wildman–Crippen LogP) is 0.948. The Hall–Kier alpha value is -1.78. The Morgan fingerprint density at radius 1 is 1.42 bits per heavy atom. The van der Waals surface area contributed by atoms with E-state index < -0.39 is 6.04 Å². The summed E-state index contributed by atoms with van der Waals surface area (Å²) in [5.41, 5.74) is 0. The minimum atomic E-state index is -0.391. The van der Waals surface area contributed by atoms with Crippen molar-refractivity contribution in [2.45, 2.75) is 38.3 Å². The molecule has 2 amide bonds. The highest BCUT2D eigenvalue weighted by atomic mass is 16.3. The van der Waals surface area contributed by atoms with Gasteiger partial charge in [-0.2, -0.15) is 0 Å². The van der Waals surface area contributed by atoms with Crippen molar-refractivity contribution in [3.8, 4) is 0 Å². The van der Waals surface area contributed by atoms with Gasteiger partial charge in [0.15, 0.2) is 0 Å². The van der Waals surface area contributed by atoms with Crippen molar-refractivity contribution in [3.05, 3.63) is 24.2 Å². The minimum Gasteiger partial charge on any atom is -0.469 e. The van der Waals surface area contributed by atoms with E-state index in [2.05, 4.69) is 5.32 Å². The van der Waals surface area contributed by atoms with Crippen molar-refractivity contribution in [1.82, 2.24) is 10.2 Å². The number of rotatable bonds is 4. The predicted molar refractivity (Wildman–Crippen MR) is 68.2 cm³/mol. The summed E-state index contributed by atoms with van der Waals surface area (Å²) in [5, 5.41) is 2.85. The average Bonchev–Trinajstić information content (AvgIpc) is 3.10. The molecule has 19 heavy (non-hydrogen) atoms. The Morgan fingerprint density at radius 2 is 2.21 bits per heavy atom. The van der Waals surface area contributed by atoms with Gasteiger partial charge in [-0.05, 0) is 37.8 Å². The lowest BCUT2D eigenvalue weighted by Gasteiger charge is -2.37. The molecule has 2 fully saturated rings. The minimum absolute atomic E-state index is 0.0454. The van der Waals surface area contributed by atoms with Gasteiger partial charge in [-0.3, -0.25) is 9.59 Å². The Balaban J connectivity index is 1.69. The molecule has 1 aliphatic carbocycles. The van der Waals surface area contributed by atoms with Gasteiger partial charge in [-0.25, -0.2) is 0 Å². The first-order chi connectivity index (χ1) is 9.16. The van der Waals surface area contributed by atoms with Crippen LogP contribution in [0.1, 0.15) is 25.5 Å². The molecule has 1 aromatic heterocycles. The van der Waals surface area contributed by atoms with E-state index in [4.69, 9.17) is 4.42 Å². The summed E-state index contributed by atoms with van der Waals surface area (Å²) in [6.45, 7) is 2.31. The van der Waals surface area contributed by atoms with Crippen LogP contribution in [-0.4, -0.2) is 35.3 Å². The molecular formula is C14H18N2O3. The molecule has 0 bridgehead atoms. The fourth-order valence-corrected chi connectivity index (χ4v) is 2.59. The molecular weight excluding hydrogens is 244 g/mol. The molecule has 2 heterocycles. The maximum atomic E-state index is 12.4. The van der Waals surface area contributed by atoms with Crippen LogP contribution in [0.25, 0.3) is 0 Å². The van der Waals surface area contributed by atoms with Gasteiger partial charge in [0.25, 0.3) is 0 Å². The summed E-state index contributed by atoms with van der Waals surface area (Å²) in [6.07, 6.45) is 4.35. The summed E-state index contributed by atoms with van der Waals surface area (Å²) in [6, 6.07) is 3.02. The second kappa shape index (κ2) is 4.72. The average molecular weight is 262 g/mol. The molecule has 2 aliphatic rings. The lowest BCUT2D eigenvalue weighted by Crippen LogP contribution is -2.63. The zero-order valence-electron chi connectivity index (χ0n) is 11.0. The second-order valence-electron chi connectivity index (χ2n) is 5.36. The van der Waals surface area contributed by atoms with Gasteiger partial charge in [-0.1, -0.05) is 0 Å². The normalized spacial score (nSPS) is 27.5. The smallest absolute Gasteiger partial charge is 0.246 e. The van der Waals surface area contributed by atoms with E-state index in [-0.39, 0.29) is 17.9 Å². The Bertz CT molecular complexity index is 479. The first-order valence-corrected chi connectivity index (χ1v) is 6.80. The molecule has 5 heteroatoms. The van der Waals surface area contributed by atoms with Crippen molar-refractivity contribution >= 4 is 11.8 Å². The third-order valence-corrected chi connectivity index (χ3v) is 3.97. The van der Waals surface area contributed by atoms with Gasteiger partial charge in [0.05, 0.1) is 6.26 Å². The molecule has 2 unspecified atom stereocenters. The van der Waals surface area contributed by atoms with Crippen LogP contribution >= 0.6 is 0 Å².